The molecule has 0 spiro atoms. The molecule has 0 aliphatic carbocycles. The first-order valence-corrected chi connectivity index (χ1v) is 21.3. The molecule has 0 saturated heterocycles. The van der Waals surface area contributed by atoms with Crippen molar-refractivity contribution in [1.82, 2.24) is 0 Å². The zero-order valence-corrected chi connectivity index (χ0v) is 34.7. The maximum atomic E-state index is 13.7. The average molecular weight is 843 g/mol. The van der Waals surface area contributed by atoms with Crippen molar-refractivity contribution < 1.29 is 27.4 Å². The van der Waals surface area contributed by atoms with E-state index in [2.05, 4.69) is 19.1 Å². The monoisotopic (exact) mass is 842 g/mol. The van der Waals surface area contributed by atoms with Gasteiger partial charge in [0.2, 0.25) is 9.84 Å². The highest BCUT2D eigenvalue weighted by Gasteiger charge is 2.29. The number of nitrogens with two attached hydrogens (primary N) is 4. The number of benzene rings is 8. The second kappa shape index (κ2) is 19.4. The van der Waals surface area contributed by atoms with E-state index in [0.29, 0.717) is 34.4 Å². The second-order valence-electron chi connectivity index (χ2n) is 14.0. The van der Waals surface area contributed by atoms with E-state index < -0.39 is 9.84 Å². The van der Waals surface area contributed by atoms with Gasteiger partial charge in [0, 0.05) is 17.0 Å². The molecule has 0 heterocycles. The van der Waals surface area contributed by atoms with E-state index >= 15 is 0 Å². The van der Waals surface area contributed by atoms with Crippen LogP contribution < -0.4 is 41.9 Å². The molecule has 8 rings (SSSR count). The Kier molecular flexibility index (Phi) is 13.3. The highest BCUT2D eigenvalue weighted by atomic mass is 32.2. The van der Waals surface area contributed by atoms with Gasteiger partial charge in [-0.2, -0.15) is 0 Å². The lowest BCUT2D eigenvalue weighted by Gasteiger charge is -2.24. The number of para-hydroxylation sites is 8. The summed E-state index contributed by atoms with van der Waals surface area (Å²) in [4.78, 5) is -0.167. The van der Waals surface area contributed by atoms with Gasteiger partial charge >= 0.3 is 0 Å². The molecule has 0 unspecified atom stereocenters. The Bertz CT molecular complexity index is 2660. The van der Waals surface area contributed by atoms with Crippen molar-refractivity contribution in [2.75, 3.05) is 22.9 Å². The van der Waals surface area contributed by atoms with Crippen molar-refractivity contribution in [3.05, 3.63) is 205 Å². The summed E-state index contributed by atoms with van der Waals surface area (Å²) in [5.41, 5.74) is 28.4. The number of rotatable bonds is 13. The Morgan fingerprint density at radius 1 is 0.371 bits per heavy atom. The van der Waals surface area contributed by atoms with Gasteiger partial charge in [0.15, 0.2) is 23.0 Å². The number of sulfone groups is 1. The lowest BCUT2D eigenvalue weighted by atomic mass is 9.87. The van der Waals surface area contributed by atoms with Crippen molar-refractivity contribution >= 4 is 32.6 Å². The molecule has 0 saturated carbocycles. The number of ether oxygens (including phenoxy) is 4. The minimum atomic E-state index is -4.10. The van der Waals surface area contributed by atoms with E-state index in [0.717, 1.165) is 29.0 Å². The van der Waals surface area contributed by atoms with Crippen molar-refractivity contribution in [3.63, 3.8) is 0 Å². The zero-order valence-electron chi connectivity index (χ0n) is 33.9. The summed E-state index contributed by atoms with van der Waals surface area (Å²) in [6.07, 6.45) is 0.823. The molecule has 0 aliphatic rings. The smallest absolute Gasteiger partial charge is 0.214 e. The Labute approximate surface area is 361 Å². The van der Waals surface area contributed by atoms with Crippen LogP contribution in [0.2, 0.25) is 0 Å². The van der Waals surface area contributed by atoms with Gasteiger partial charge in [-0.15, -0.1) is 0 Å². The molecule has 10 nitrogen and oxygen atoms in total. The molecule has 8 aromatic rings. The van der Waals surface area contributed by atoms with Gasteiger partial charge in [0.05, 0.1) is 22.7 Å². The molecule has 8 N–H and O–H groups in total. The minimum absolute atomic E-state index is 0.00979. The summed E-state index contributed by atoms with van der Waals surface area (Å²) >= 11 is 0. The fourth-order valence-electron chi connectivity index (χ4n) is 6.79. The van der Waals surface area contributed by atoms with Crippen molar-refractivity contribution in [1.29, 1.82) is 0 Å². The molecule has 62 heavy (non-hydrogen) atoms. The highest BCUT2D eigenvalue weighted by Crippen LogP contribution is 2.46. The van der Waals surface area contributed by atoms with Gasteiger partial charge in [-0.25, -0.2) is 8.42 Å². The molecule has 0 aliphatic heterocycles. The van der Waals surface area contributed by atoms with Crippen LogP contribution in [0.5, 0.6) is 46.0 Å². The molecule has 312 valence electrons. The predicted molar refractivity (Wildman–Crippen MR) is 247 cm³/mol. The highest BCUT2D eigenvalue weighted by molar-refractivity contribution is 7.91. The van der Waals surface area contributed by atoms with Gasteiger partial charge in [0.1, 0.15) is 32.8 Å². The molecule has 0 amide bonds. The maximum Gasteiger partial charge on any atom is 0.214 e. The summed E-state index contributed by atoms with van der Waals surface area (Å²) < 4.78 is 51.6. The van der Waals surface area contributed by atoms with Crippen LogP contribution in [0.15, 0.2) is 204 Å². The summed E-state index contributed by atoms with van der Waals surface area (Å²) in [6.45, 7) is 2.13. The lowest BCUT2D eigenvalue weighted by molar-refractivity contribution is 0.463. The first-order chi connectivity index (χ1) is 30.1. The van der Waals surface area contributed by atoms with E-state index in [-0.39, 0.29) is 38.6 Å². The largest absolute Gasteiger partial charge is 0.455 e. The molecule has 0 fully saturated rings. The minimum Gasteiger partial charge on any atom is -0.455 e. The first kappa shape index (κ1) is 42.2. The summed E-state index contributed by atoms with van der Waals surface area (Å²) in [5, 5.41) is 0. The topological polar surface area (TPSA) is 175 Å². The second-order valence-corrected chi connectivity index (χ2v) is 15.9. The Hall–Kier alpha value is -7.89. The fourth-order valence-corrected chi connectivity index (χ4v) is 8.35. The van der Waals surface area contributed by atoms with Crippen molar-refractivity contribution in [2.45, 2.75) is 29.1 Å². The SMILES string of the molecule is CCC(c1cccc(N)c1Oc1ccccc1)c1cccc(N)c1Oc1ccccc1.Nc1cccc(S(=O)(=O)c2cccc(N)c2Oc2ccccc2)c1Oc1ccccc1. The summed E-state index contributed by atoms with van der Waals surface area (Å²) in [5.74, 6) is 3.81. The summed E-state index contributed by atoms with van der Waals surface area (Å²) in [6, 6.07) is 57.9. The zero-order chi connectivity index (χ0) is 43.5. The molecule has 11 heteroatoms. The number of anilines is 4. The first-order valence-electron chi connectivity index (χ1n) is 19.8. The molecular formula is C51H46N4O6S. The van der Waals surface area contributed by atoms with Crippen LogP contribution in [0, 0.1) is 0 Å². The van der Waals surface area contributed by atoms with Crippen molar-refractivity contribution in [3.8, 4) is 46.0 Å². The van der Waals surface area contributed by atoms with E-state index in [1.807, 2.05) is 97.1 Å². The van der Waals surface area contributed by atoms with E-state index in [1.54, 1.807) is 72.8 Å². The summed E-state index contributed by atoms with van der Waals surface area (Å²) in [7, 11) is -4.10. The normalized spacial score (nSPS) is 10.9. The van der Waals surface area contributed by atoms with Gasteiger partial charge in [-0.05, 0) is 91.3 Å². The molecular weight excluding hydrogens is 797 g/mol. The number of hydrogen-bond acceptors (Lipinski definition) is 10. The Balaban J connectivity index is 0.000000186. The van der Waals surface area contributed by atoms with Gasteiger partial charge < -0.3 is 41.9 Å². The maximum absolute atomic E-state index is 13.7. The van der Waals surface area contributed by atoms with E-state index in [4.69, 9.17) is 41.9 Å². The van der Waals surface area contributed by atoms with Crippen LogP contribution in [-0.2, 0) is 9.84 Å². The third kappa shape index (κ3) is 9.76. The van der Waals surface area contributed by atoms with E-state index in [1.165, 1.54) is 12.1 Å². The van der Waals surface area contributed by atoms with Gasteiger partial charge in [-0.1, -0.05) is 116 Å². The van der Waals surface area contributed by atoms with Crippen molar-refractivity contribution in [2.24, 2.45) is 0 Å². The molecule has 0 atom stereocenters. The van der Waals surface area contributed by atoms with Gasteiger partial charge in [0.25, 0.3) is 0 Å². The van der Waals surface area contributed by atoms with Crippen LogP contribution in [0.3, 0.4) is 0 Å². The number of nitrogen functional groups attached to an aromatic ring is 4. The lowest BCUT2D eigenvalue weighted by Crippen LogP contribution is -2.08. The quantitative estimate of drug-likeness (QED) is 0.0817. The third-order valence-corrected chi connectivity index (χ3v) is 11.6. The molecule has 0 radical (unpaired) electrons. The Morgan fingerprint density at radius 2 is 0.645 bits per heavy atom. The van der Waals surface area contributed by atoms with E-state index in [9.17, 15) is 8.42 Å². The molecule has 8 aromatic carbocycles. The van der Waals surface area contributed by atoms with Crippen LogP contribution in [0.4, 0.5) is 22.7 Å². The van der Waals surface area contributed by atoms with Crippen LogP contribution in [0.25, 0.3) is 0 Å². The predicted octanol–water partition coefficient (Wildman–Crippen LogP) is 12.2. The molecule has 0 aromatic heterocycles. The molecule has 0 bridgehead atoms. The van der Waals surface area contributed by atoms with Gasteiger partial charge in [-0.3, -0.25) is 0 Å². The van der Waals surface area contributed by atoms with Crippen LogP contribution in [-0.4, -0.2) is 8.42 Å². The van der Waals surface area contributed by atoms with Crippen LogP contribution >= 0.6 is 0 Å². The standard InChI is InChI=1S/C27H26N2O2.C24H20N2O4S/c1-2-21(22-15-9-17-24(28)26(22)30-19-11-5-3-6-12-19)23-16-10-18-25(29)27(23)31-20-13-7-4-8-14-20;25-19-13-7-15-21(23(19)29-17-9-3-1-4-10-17)31(27,28)22-16-8-14-20(26)24(22)30-18-11-5-2-6-12-18/h3-18,21H,2,28-29H2,1H3;1-16H,25-26H2. The number of hydrogen-bond donors (Lipinski definition) is 4. The average Bonchev–Trinajstić information content (AvgIpc) is 3.29. The Morgan fingerprint density at radius 3 is 0.952 bits per heavy atom. The van der Waals surface area contributed by atoms with Crippen LogP contribution in [0.1, 0.15) is 30.4 Å². The third-order valence-electron chi connectivity index (χ3n) is 9.76. The fraction of sp³-hybridized carbons (Fsp3) is 0.0588.